The molecule has 108 valence electrons. The lowest BCUT2D eigenvalue weighted by Crippen LogP contribution is -2.01. The minimum absolute atomic E-state index is 0.271. The van der Waals surface area contributed by atoms with Crippen LogP contribution in [0.2, 0.25) is 0 Å². The van der Waals surface area contributed by atoms with Gasteiger partial charge in [0.25, 0.3) is 0 Å². The van der Waals surface area contributed by atoms with E-state index in [0.29, 0.717) is 0 Å². The average molecular weight is 284 g/mol. The van der Waals surface area contributed by atoms with E-state index >= 15 is 0 Å². The Hall–Kier alpha value is -2.67. The van der Waals surface area contributed by atoms with Gasteiger partial charge >= 0.3 is 0 Å². The minimum Gasteiger partial charge on any atom is -0.361 e. The van der Waals surface area contributed by atoms with Gasteiger partial charge in [-0.05, 0) is 35.6 Å². The molecular weight excluding hydrogens is 266 g/mol. The summed E-state index contributed by atoms with van der Waals surface area (Å²) in [5.41, 5.74) is 6.50. The van der Waals surface area contributed by atoms with Gasteiger partial charge in [-0.3, -0.25) is 0 Å². The summed E-state index contributed by atoms with van der Waals surface area (Å²) in [4.78, 5) is 3.44. The van der Waals surface area contributed by atoms with Crippen LogP contribution in [0.15, 0.2) is 79.0 Å². The Balaban J connectivity index is 1.94. The fraction of sp³-hybridized carbons (Fsp3) is 0.0952. The smallest absolute Gasteiger partial charge is 0.0459 e. The maximum Gasteiger partial charge on any atom is 0.0459 e. The van der Waals surface area contributed by atoms with Crippen molar-refractivity contribution in [2.45, 2.75) is 12.8 Å². The van der Waals surface area contributed by atoms with Crippen LogP contribution in [0.3, 0.4) is 0 Å². The summed E-state index contributed by atoms with van der Waals surface area (Å²) in [6.07, 6.45) is 2.16. The van der Waals surface area contributed by atoms with Crippen molar-refractivity contribution in [2.24, 2.45) is 0 Å². The molecule has 22 heavy (non-hydrogen) atoms. The highest BCUT2D eigenvalue weighted by atomic mass is 14.7. The zero-order valence-corrected chi connectivity index (χ0v) is 12.6. The van der Waals surface area contributed by atoms with Crippen LogP contribution in [0.25, 0.3) is 10.9 Å². The van der Waals surface area contributed by atoms with Crippen LogP contribution in [0.5, 0.6) is 0 Å². The van der Waals surface area contributed by atoms with Gasteiger partial charge in [-0.15, -0.1) is 0 Å². The molecule has 1 unspecified atom stereocenters. The van der Waals surface area contributed by atoms with Crippen LogP contribution >= 0.6 is 0 Å². The molecule has 0 aliphatic carbocycles. The second-order valence-corrected chi connectivity index (χ2v) is 5.85. The Bertz CT molecular complexity index is 882. The number of nitrogens with one attached hydrogen (secondary N) is 1. The summed E-state index contributed by atoms with van der Waals surface area (Å²) < 4.78 is 0. The van der Waals surface area contributed by atoms with Crippen LogP contribution in [-0.4, -0.2) is 4.98 Å². The first kappa shape index (κ1) is 13.0. The highest BCUT2D eigenvalue weighted by Gasteiger charge is 2.15. The number of aryl methyl sites for hydroxylation is 1. The van der Waals surface area contributed by atoms with Crippen LogP contribution < -0.4 is 0 Å². The van der Waals surface area contributed by atoms with Crippen molar-refractivity contribution in [3.05, 3.63) is 101 Å². The first-order chi connectivity index (χ1) is 10.8. The van der Waals surface area contributed by atoms with Crippen molar-refractivity contribution in [3.8, 4) is 0 Å². The summed E-state index contributed by atoms with van der Waals surface area (Å²) in [5, 5.41) is 1.31. The number of H-pyrrole nitrogens is 1. The van der Waals surface area contributed by atoms with E-state index in [1.54, 1.807) is 0 Å². The predicted octanol–water partition coefficient (Wildman–Crippen LogP) is 5.38. The summed E-state index contributed by atoms with van der Waals surface area (Å²) in [5.74, 6) is 0.271. The standard InChI is InChI=1S/C21H18N/c1-15-11-12-18-19(14-22-20(18)13-15)21(17-9-5-6-10-17)16-7-3-2-4-8-16/h2-14,21-22H,1H3/q-1. The molecule has 0 aliphatic rings. The molecule has 0 spiro atoms. The quantitative estimate of drug-likeness (QED) is 0.486. The molecular formula is C21H18N-. The van der Waals surface area contributed by atoms with E-state index in [0.717, 1.165) is 0 Å². The highest BCUT2D eigenvalue weighted by molar-refractivity contribution is 5.85. The van der Waals surface area contributed by atoms with Gasteiger partial charge in [0.05, 0.1) is 0 Å². The number of hydrogen-bond acceptors (Lipinski definition) is 0. The third-order valence-corrected chi connectivity index (χ3v) is 4.33. The van der Waals surface area contributed by atoms with Crippen molar-refractivity contribution in [2.75, 3.05) is 0 Å². The van der Waals surface area contributed by atoms with Crippen molar-refractivity contribution in [1.29, 1.82) is 0 Å². The fourth-order valence-electron chi connectivity index (χ4n) is 3.28. The molecule has 0 radical (unpaired) electrons. The lowest BCUT2D eigenvalue weighted by molar-refractivity contribution is 0.994. The molecule has 3 aromatic carbocycles. The average Bonchev–Trinajstić information content (AvgIpc) is 3.19. The molecule has 0 aliphatic heterocycles. The zero-order valence-electron chi connectivity index (χ0n) is 12.6. The van der Waals surface area contributed by atoms with Gasteiger partial charge < -0.3 is 4.98 Å². The van der Waals surface area contributed by atoms with Gasteiger partial charge in [0.2, 0.25) is 0 Å². The maximum absolute atomic E-state index is 3.44. The fourth-order valence-corrected chi connectivity index (χ4v) is 3.28. The molecule has 1 nitrogen and oxygen atoms in total. The third-order valence-electron chi connectivity index (χ3n) is 4.33. The summed E-state index contributed by atoms with van der Waals surface area (Å²) in [7, 11) is 0. The number of fused-ring (bicyclic) bond motifs is 1. The Morgan fingerprint density at radius 1 is 0.955 bits per heavy atom. The number of rotatable bonds is 3. The number of aromatic nitrogens is 1. The highest BCUT2D eigenvalue weighted by Crippen LogP contribution is 2.36. The summed E-state index contributed by atoms with van der Waals surface area (Å²) >= 11 is 0. The number of hydrogen-bond donors (Lipinski definition) is 1. The first-order valence-corrected chi connectivity index (χ1v) is 7.67. The van der Waals surface area contributed by atoms with Gasteiger partial charge in [-0.25, -0.2) is 6.07 Å². The maximum atomic E-state index is 3.44. The number of benzene rings is 2. The zero-order chi connectivity index (χ0) is 14.9. The monoisotopic (exact) mass is 284 g/mol. The van der Waals surface area contributed by atoms with Gasteiger partial charge in [0.1, 0.15) is 0 Å². The third kappa shape index (κ3) is 2.15. The number of aromatic amines is 1. The van der Waals surface area contributed by atoms with E-state index in [-0.39, 0.29) is 5.92 Å². The molecule has 0 bridgehead atoms. The lowest BCUT2D eigenvalue weighted by atomic mass is 9.86. The SMILES string of the molecule is Cc1ccc2c(C(c3ccccc3)c3cc[cH-]c3)c[nH]c2c1. The molecule has 1 heteroatoms. The van der Waals surface area contributed by atoms with Crippen molar-refractivity contribution in [3.63, 3.8) is 0 Å². The van der Waals surface area contributed by atoms with E-state index in [9.17, 15) is 0 Å². The molecule has 0 fully saturated rings. The Kier molecular flexibility index (Phi) is 3.12. The predicted molar refractivity (Wildman–Crippen MR) is 92.5 cm³/mol. The van der Waals surface area contributed by atoms with E-state index in [1.165, 1.54) is 33.2 Å². The Morgan fingerprint density at radius 2 is 1.82 bits per heavy atom. The van der Waals surface area contributed by atoms with Gasteiger partial charge in [-0.2, -0.15) is 23.8 Å². The van der Waals surface area contributed by atoms with Gasteiger partial charge in [0.15, 0.2) is 0 Å². The minimum atomic E-state index is 0.271. The van der Waals surface area contributed by atoms with E-state index in [1.807, 2.05) is 0 Å². The molecule has 4 aromatic rings. The lowest BCUT2D eigenvalue weighted by Gasteiger charge is -2.22. The van der Waals surface area contributed by atoms with Crippen LogP contribution in [-0.2, 0) is 0 Å². The molecule has 0 saturated carbocycles. The molecule has 0 saturated heterocycles. The second-order valence-electron chi connectivity index (χ2n) is 5.85. The molecule has 1 heterocycles. The summed E-state index contributed by atoms with van der Waals surface area (Å²) in [6.45, 7) is 2.13. The van der Waals surface area contributed by atoms with Crippen LogP contribution in [0.4, 0.5) is 0 Å². The molecule has 1 atom stereocenters. The first-order valence-electron chi connectivity index (χ1n) is 7.67. The van der Waals surface area contributed by atoms with E-state index < -0.39 is 0 Å². The molecule has 1 N–H and O–H groups in total. The van der Waals surface area contributed by atoms with E-state index in [2.05, 4.69) is 90.9 Å². The van der Waals surface area contributed by atoms with Crippen molar-refractivity contribution >= 4 is 10.9 Å². The van der Waals surface area contributed by atoms with Gasteiger partial charge in [0, 0.05) is 17.1 Å². The topological polar surface area (TPSA) is 15.8 Å². The van der Waals surface area contributed by atoms with Crippen LogP contribution in [0, 0.1) is 6.92 Å². The largest absolute Gasteiger partial charge is 0.361 e. The molecule has 0 amide bonds. The van der Waals surface area contributed by atoms with E-state index in [4.69, 9.17) is 0 Å². The van der Waals surface area contributed by atoms with Gasteiger partial charge in [-0.1, -0.05) is 42.5 Å². The normalized spacial score (nSPS) is 12.6. The Morgan fingerprint density at radius 3 is 2.59 bits per heavy atom. The molecule has 1 aromatic heterocycles. The molecule has 4 rings (SSSR count). The second kappa shape index (κ2) is 5.27. The van der Waals surface area contributed by atoms with Crippen molar-refractivity contribution in [1.82, 2.24) is 4.98 Å². The Labute approximate surface area is 130 Å². The van der Waals surface area contributed by atoms with Crippen molar-refractivity contribution < 1.29 is 0 Å². The van der Waals surface area contributed by atoms with Crippen LogP contribution in [0.1, 0.15) is 28.2 Å². The summed E-state index contributed by atoms with van der Waals surface area (Å²) in [6, 6.07) is 26.0.